The number of nitrogens with one attached hydrogen (secondary N) is 2. The minimum absolute atomic E-state index is 0.431. The average Bonchev–Trinajstić information content (AvgIpc) is 2.44. The number of hydroxylamine groups is 1. The minimum Gasteiger partial charge on any atom is -0.480 e. The second-order valence-corrected chi connectivity index (χ2v) is 5.00. The standard InChI is InChI=1S/C14H17N3O4/c18-12(17-21)5-4-11-3-2-10(8-15-11)9-16-14(13(19)20)6-1-7-14/h2-5,8,16,21H,1,6-7,9H2,(H,17,18)(H,19,20)/b5-4+. The second-order valence-electron chi connectivity index (χ2n) is 5.00. The van der Waals surface area contributed by atoms with E-state index >= 15 is 0 Å². The zero-order chi connectivity index (χ0) is 15.3. The highest BCUT2D eigenvalue weighted by molar-refractivity contribution is 5.90. The topological polar surface area (TPSA) is 112 Å². The Kier molecular flexibility index (Phi) is 4.66. The van der Waals surface area contributed by atoms with Crippen LogP contribution in [0.1, 0.15) is 30.5 Å². The lowest BCUT2D eigenvalue weighted by atomic mass is 9.76. The number of carboxylic acids is 1. The predicted octanol–water partition coefficient (Wildman–Crippen LogP) is 0.697. The van der Waals surface area contributed by atoms with Gasteiger partial charge in [-0.25, -0.2) is 5.48 Å². The molecule has 1 saturated carbocycles. The van der Waals surface area contributed by atoms with Gasteiger partial charge in [-0.1, -0.05) is 6.07 Å². The number of amides is 1. The van der Waals surface area contributed by atoms with Crippen molar-refractivity contribution in [2.45, 2.75) is 31.3 Å². The fraction of sp³-hybridized carbons (Fsp3) is 0.357. The molecule has 1 fully saturated rings. The van der Waals surface area contributed by atoms with Gasteiger partial charge in [-0.05, 0) is 37.0 Å². The Morgan fingerprint density at radius 1 is 1.38 bits per heavy atom. The van der Waals surface area contributed by atoms with E-state index in [0.29, 0.717) is 25.1 Å². The van der Waals surface area contributed by atoms with E-state index in [9.17, 15) is 14.7 Å². The Labute approximate surface area is 121 Å². The lowest BCUT2D eigenvalue weighted by Crippen LogP contribution is -2.56. The van der Waals surface area contributed by atoms with E-state index in [1.807, 2.05) is 6.07 Å². The molecule has 0 spiro atoms. The fourth-order valence-corrected chi connectivity index (χ4v) is 2.11. The molecule has 0 bridgehead atoms. The number of carbonyl (C=O) groups is 2. The molecule has 1 aliphatic carbocycles. The quantitative estimate of drug-likeness (QED) is 0.349. The first-order chi connectivity index (χ1) is 10.1. The predicted molar refractivity (Wildman–Crippen MR) is 74.3 cm³/mol. The Bertz CT molecular complexity index is 550. The first-order valence-electron chi connectivity index (χ1n) is 6.61. The third-order valence-corrected chi connectivity index (χ3v) is 3.61. The number of pyridine rings is 1. The van der Waals surface area contributed by atoms with Crippen LogP contribution in [0.25, 0.3) is 6.08 Å². The molecule has 1 amide bonds. The molecule has 0 radical (unpaired) electrons. The van der Waals surface area contributed by atoms with Gasteiger partial charge in [0.15, 0.2) is 0 Å². The average molecular weight is 291 g/mol. The molecule has 4 N–H and O–H groups in total. The lowest BCUT2D eigenvalue weighted by molar-refractivity contribution is -0.148. The molecule has 1 aromatic heterocycles. The molecule has 1 aromatic rings. The van der Waals surface area contributed by atoms with Crippen molar-refractivity contribution in [3.05, 3.63) is 35.7 Å². The van der Waals surface area contributed by atoms with E-state index in [4.69, 9.17) is 5.21 Å². The zero-order valence-electron chi connectivity index (χ0n) is 11.4. The number of carbonyl (C=O) groups excluding carboxylic acids is 1. The van der Waals surface area contributed by atoms with Crippen LogP contribution >= 0.6 is 0 Å². The largest absolute Gasteiger partial charge is 0.480 e. The maximum Gasteiger partial charge on any atom is 0.323 e. The van der Waals surface area contributed by atoms with Gasteiger partial charge in [0.25, 0.3) is 5.91 Å². The molecule has 0 unspecified atom stereocenters. The summed E-state index contributed by atoms with van der Waals surface area (Å²) in [5.74, 6) is -1.44. The van der Waals surface area contributed by atoms with E-state index in [1.54, 1.807) is 12.3 Å². The smallest absolute Gasteiger partial charge is 0.323 e. The third-order valence-electron chi connectivity index (χ3n) is 3.61. The maximum atomic E-state index is 11.2. The summed E-state index contributed by atoms with van der Waals surface area (Å²) < 4.78 is 0. The summed E-state index contributed by atoms with van der Waals surface area (Å²) in [6.45, 7) is 0.431. The van der Waals surface area contributed by atoms with E-state index in [1.165, 1.54) is 11.6 Å². The van der Waals surface area contributed by atoms with Gasteiger partial charge in [0, 0.05) is 18.8 Å². The van der Waals surface area contributed by atoms with Gasteiger partial charge >= 0.3 is 5.97 Å². The van der Waals surface area contributed by atoms with Crippen molar-refractivity contribution in [3.63, 3.8) is 0 Å². The van der Waals surface area contributed by atoms with E-state index in [2.05, 4.69) is 10.3 Å². The summed E-state index contributed by atoms with van der Waals surface area (Å²) in [4.78, 5) is 26.2. The van der Waals surface area contributed by atoms with Gasteiger partial charge in [-0.15, -0.1) is 0 Å². The fourth-order valence-electron chi connectivity index (χ4n) is 2.11. The van der Waals surface area contributed by atoms with Crippen molar-refractivity contribution in [1.82, 2.24) is 15.8 Å². The molecular formula is C14H17N3O4. The normalized spacial score (nSPS) is 16.4. The number of carboxylic acid groups (broad SMARTS) is 1. The van der Waals surface area contributed by atoms with Gasteiger partial charge in [0.2, 0.25) is 0 Å². The first kappa shape index (κ1) is 15.1. The summed E-state index contributed by atoms with van der Waals surface area (Å²) in [6, 6.07) is 3.52. The molecule has 1 heterocycles. The van der Waals surface area contributed by atoms with Crippen LogP contribution in [0.4, 0.5) is 0 Å². The second kappa shape index (κ2) is 6.47. The van der Waals surface area contributed by atoms with Gasteiger partial charge in [0.1, 0.15) is 5.54 Å². The number of rotatable bonds is 6. The summed E-state index contributed by atoms with van der Waals surface area (Å²) in [7, 11) is 0. The van der Waals surface area contributed by atoms with Crippen LogP contribution in [0.2, 0.25) is 0 Å². The zero-order valence-corrected chi connectivity index (χ0v) is 11.4. The van der Waals surface area contributed by atoms with Crippen molar-refractivity contribution in [3.8, 4) is 0 Å². The first-order valence-corrected chi connectivity index (χ1v) is 6.61. The number of hydrogen-bond donors (Lipinski definition) is 4. The highest BCUT2D eigenvalue weighted by Crippen LogP contribution is 2.32. The third kappa shape index (κ3) is 3.65. The molecule has 0 saturated heterocycles. The molecule has 112 valence electrons. The van der Waals surface area contributed by atoms with Crippen LogP contribution in [0.5, 0.6) is 0 Å². The molecule has 2 rings (SSSR count). The SMILES string of the molecule is O=C(/C=C/c1ccc(CNC2(C(=O)O)CCC2)cn1)NO. The highest BCUT2D eigenvalue weighted by atomic mass is 16.5. The molecular weight excluding hydrogens is 274 g/mol. The Hall–Kier alpha value is -2.25. The molecule has 7 heteroatoms. The molecule has 7 nitrogen and oxygen atoms in total. The van der Waals surface area contributed by atoms with E-state index < -0.39 is 17.4 Å². The Morgan fingerprint density at radius 2 is 2.14 bits per heavy atom. The van der Waals surface area contributed by atoms with Crippen molar-refractivity contribution in [1.29, 1.82) is 0 Å². The Balaban J connectivity index is 1.92. The van der Waals surface area contributed by atoms with Crippen molar-refractivity contribution < 1.29 is 19.9 Å². The summed E-state index contributed by atoms with van der Waals surface area (Å²) in [6.07, 6.45) is 6.47. The van der Waals surface area contributed by atoms with Gasteiger partial charge < -0.3 is 5.11 Å². The maximum absolute atomic E-state index is 11.2. The lowest BCUT2D eigenvalue weighted by Gasteiger charge is -2.38. The summed E-state index contributed by atoms with van der Waals surface area (Å²) in [5, 5.41) is 20.6. The van der Waals surface area contributed by atoms with E-state index in [0.717, 1.165) is 18.1 Å². The highest BCUT2D eigenvalue weighted by Gasteiger charge is 2.43. The number of nitrogens with zero attached hydrogens (tertiary/aromatic N) is 1. The summed E-state index contributed by atoms with van der Waals surface area (Å²) in [5.41, 5.74) is 2.13. The van der Waals surface area contributed by atoms with Crippen LogP contribution in [0.15, 0.2) is 24.4 Å². The van der Waals surface area contributed by atoms with Gasteiger partial charge in [-0.3, -0.25) is 25.1 Å². The van der Waals surface area contributed by atoms with E-state index in [-0.39, 0.29) is 0 Å². The van der Waals surface area contributed by atoms with Crippen LogP contribution in [0, 0.1) is 0 Å². The molecule has 0 atom stereocenters. The van der Waals surface area contributed by atoms with Crippen LogP contribution in [-0.2, 0) is 16.1 Å². The van der Waals surface area contributed by atoms with Crippen molar-refractivity contribution in [2.75, 3.05) is 0 Å². The minimum atomic E-state index is -0.809. The molecule has 0 aliphatic heterocycles. The summed E-state index contributed by atoms with van der Waals surface area (Å²) >= 11 is 0. The molecule has 0 aromatic carbocycles. The Morgan fingerprint density at radius 3 is 2.62 bits per heavy atom. The molecule has 21 heavy (non-hydrogen) atoms. The van der Waals surface area contributed by atoms with Crippen LogP contribution in [-0.4, -0.2) is 32.7 Å². The van der Waals surface area contributed by atoms with Crippen LogP contribution < -0.4 is 10.8 Å². The molecule has 1 aliphatic rings. The number of aromatic nitrogens is 1. The number of hydrogen-bond acceptors (Lipinski definition) is 5. The van der Waals surface area contributed by atoms with Gasteiger partial charge in [0.05, 0.1) is 5.69 Å². The number of aliphatic carboxylic acids is 1. The van der Waals surface area contributed by atoms with Gasteiger partial charge in [-0.2, -0.15) is 0 Å². The van der Waals surface area contributed by atoms with Crippen LogP contribution in [0.3, 0.4) is 0 Å². The van der Waals surface area contributed by atoms with Crippen molar-refractivity contribution >= 4 is 18.0 Å². The monoisotopic (exact) mass is 291 g/mol. The van der Waals surface area contributed by atoms with Crippen molar-refractivity contribution in [2.24, 2.45) is 0 Å².